The zero-order valence-electron chi connectivity index (χ0n) is 14.2. The van der Waals surface area contributed by atoms with Crippen LogP contribution in [0, 0.1) is 0 Å². The van der Waals surface area contributed by atoms with Crippen LogP contribution in [0.5, 0.6) is 0 Å². The normalized spacial score (nSPS) is 16.0. The number of hydrogen-bond donors (Lipinski definition) is 3. The molecule has 0 atom stereocenters. The number of nitrogens with zero attached hydrogens (tertiary/aromatic N) is 3. The summed E-state index contributed by atoms with van der Waals surface area (Å²) < 4.78 is 0. The van der Waals surface area contributed by atoms with E-state index in [0.717, 1.165) is 22.7 Å². The van der Waals surface area contributed by atoms with E-state index in [-0.39, 0.29) is 0 Å². The van der Waals surface area contributed by atoms with E-state index in [2.05, 4.69) is 9.98 Å². The van der Waals surface area contributed by atoms with E-state index < -0.39 is 0 Å². The van der Waals surface area contributed by atoms with Gasteiger partial charge in [-0.2, -0.15) is 0 Å². The van der Waals surface area contributed by atoms with Crippen molar-refractivity contribution in [3.8, 4) is 0 Å². The second kappa shape index (κ2) is 8.75. The molecule has 1 aliphatic rings. The lowest BCUT2D eigenvalue weighted by Gasteiger charge is -2.22. The number of rotatable bonds is 3. The molecule has 6 nitrogen and oxygen atoms in total. The molecular weight excluding hydrogens is 288 g/mol. The van der Waals surface area contributed by atoms with Gasteiger partial charge in [-0.3, -0.25) is 15.0 Å². The summed E-state index contributed by atoms with van der Waals surface area (Å²) in [5, 5.41) is 1.56. The number of nitrogen functional groups attached to an aromatic ring is 2. The fourth-order valence-electron chi connectivity index (χ4n) is 2.06. The smallest absolute Gasteiger partial charge is 0.0759 e. The molecule has 124 valence electrons. The van der Waals surface area contributed by atoms with E-state index in [1.807, 2.05) is 33.8 Å². The Kier molecular flexibility index (Phi) is 7.02. The highest BCUT2D eigenvalue weighted by molar-refractivity contribution is 5.99. The molecule has 0 spiro atoms. The molecule has 23 heavy (non-hydrogen) atoms. The molecule has 1 aromatic carbocycles. The number of hydrogen-bond acceptors (Lipinski definition) is 6. The Balaban J connectivity index is 0.00000127. The molecule has 2 rings (SSSR count). The second-order valence-corrected chi connectivity index (χ2v) is 4.85. The van der Waals surface area contributed by atoms with Crippen molar-refractivity contribution in [2.75, 3.05) is 18.0 Å². The molecule has 0 fully saturated rings. The largest absolute Gasteiger partial charge is 0.399 e. The van der Waals surface area contributed by atoms with Crippen LogP contribution in [0.1, 0.15) is 33.3 Å². The minimum absolute atomic E-state index is 0.483. The van der Waals surface area contributed by atoms with Crippen molar-refractivity contribution in [2.45, 2.75) is 27.7 Å². The molecule has 1 aromatic rings. The summed E-state index contributed by atoms with van der Waals surface area (Å²) in [6.45, 7) is 8.31. The minimum Gasteiger partial charge on any atom is -0.399 e. The third kappa shape index (κ3) is 5.27. The van der Waals surface area contributed by atoms with Crippen LogP contribution in [-0.2, 0) is 0 Å². The van der Waals surface area contributed by atoms with Crippen LogP contribution >= 0.6 is 0 Å². The van der Waals surface area contributed by atoms with E-state index in [4.69, 9.17) is 17.3 Å². The Bertz CT molecular complexity index is 655. The molecule has 0 saturated heterocycles. The van der Waals surface area contributed by atoms with Gasteiger partial charge in [0.2, 0.25) is 0 Å². The van der Waals surface area contributed by atoms with Crippen LogP contribution in [0.15, 0.2) is 51.9 Å². The van der Waals surface area contributed by atoms with Crippen molar-refractivity contribution in [3.05, 3.63) is 47.4 Å². The molecule has 0 aliphatic carbocycles. The van der Waals surface area contributed by atoms with Gasteiger partial charge in [-0.15, -0.1) is 0 Å². The summed E-state index contributed by atoms with van der Waals surface area (Å²) in [5.74, 6) is 5.92. The molecule has 0 amide bonds. The third-order valence-corrected chi connectivity index (χ3v) is 3.05. The Hall–Kier alpha value is -2.60. The predicted octanol–water partition coefficient (Wildman–Crippen LogP) is 2.69. The maximum absolute atomic E-state index is 5.92. The van der Waals surface area contributed by atoms with E-state index in [1.54, 1.807) is 35.6 Å². The molecule has 0 radical (unpaired) electrons. The molecule has 0 unspecified atom stereocenters. The van der Waals surface area contributed by atoms with Crippen LogP contribution in [-0.4, -0.2) is 23.5 Å². The van der Waals surface area contributed by atoms with Gasteiger partial charge >= 0.3 is 0 Å². The average molecular weight is 314 g/mol. The highest BCUT2D eigenvalue weighted by Crippen LogP contribution is 2.15. The van der Waals surface area contributed by atoms with Crippen molar-refractivity contribution in [1.82, 2.24) is 5.01 Å². The highest BCUT2D eigenvalue weighted by atomic mass is 15.4. The monoisotopic (exact) mass is 314 g/mol. The lowest BCUT2D eigenvalue weighted by atomic mass is 10.2. The van der Waals surface area contributed by atoms with Gasteiger partial charge in [0, 0.05) is 29.4 Å². The van der Waals surface area contributed by atoms with Gasteiger partial charge in [-0.1, -0.05) is 13.8 Å². The molecule has 0 bridgehead atoms. The number of aliphatic imine (C=N–C) groups is 2. The Morgan fingerprint density at radius 3 is 2.57 bits per heavy atom. The summed E-state index contributed by atoms with van der Waals surface area (Å²) in [6, 6.07) is 5.32. The fourth-order valence-corrected chi connectivity index (χ4v) is 2.06. The zero-order chi connectivity index (χ0) is 17.4. The van der Waals surface area contributed by atoms with Crippen LogP contribution in [0.3, 0.4) is 0 Å². The zero-order valence-corrected chi connectivity index (χ0v) is 14.2. The van der Waals surface area contributed by atoms with Crippen LogP contribution in [0.2, 0.25) is 0 Å². The Morgan fingerprint density at radius 2 is 1.91 bits per heavy atom. The van der Waals surface area contributed by atoms with Gasteiger partial charge in [-0.25, -0.2) is 5.84 Å². The molecular formula is C17H26N6. The molecule has 1 aliphatic heterocycles. The van der Waals surface area contributed by atoms with Gasteiger partial charge in [0.25, 0.3) is 0 Å². The first kappa shape index (κ1) is 18.4. The quantitative estimate of drug-likeness (QED) is 0.453. The van der Waals surface area contributed by atoms with Gasteiger partial charge in [0.15, 0.2) is 0 Å². The second-order valence-electron chi connectivity index (χ2n) is 4.85. The predicted molar refractivity (Wildman–Crippen MR) is 100 cm³/mol. The first-order valence-corrected chi connectivity index (χ1v) is 7.60. The third-order valence-electron chi connectivity index (χ3n) is 3.05. The lowest BCUT2D eigenvalue weighted by Crippen LogP contribution is -2.30. The minimum atomic E-state index is 0.483. The first-order chi connectivity index (χ1) is 11.0. The maximum atomic E-state index is 5.92. The number of nitrogens with two attached hydrogens (primary N) is 3. The van der Waals surface area contributed by atoms with E-state index in [0.29, 0.717) is 17.9 Å². The van der Waals surface area contributed by atoms with E-state index in [1.165, 1.54) is 0 Å². The fraction of sp³-hybridized carbons (Fsp3) is 0.294. The highest BCUT2D eigenvalue weighted by Gasteiger charge is 2.11. The van der Waals surface area contributed by atoms with Crippen molar-refractivity contribution < 1.29 is 0 Å². The summed E-state index contributed by atoms with van der Waals surface area (Å²) in [5.41, 5.74) is 16.3. The van der Waals surface area contributed by atoms with Crippen LogP contribution < -0.4 is 17.3 Å². The van der Waals surface area contributed by atoms with E-state index in [9.17, 15) is 0 Å². The lowest BCUT2D eigenvalue weighted by molar-refractivity contribution is 0.503. The molecule has 6 N–H and O–H groups in total. The van der Waals surface area contributed by atoms with Crippen molar-refractivity contribution in [2.24, 2.45) is 15.8 Å². The number of hydrazine groups is 1. The maximum Gasteiger partial charge on any atom is 0.0759 e. The molecule has 0 aromatic heterocycles. The number of allylic oxidation sites excluding steroid dienone is 2. The standard InChI is InChI=1S/C15H20N6.C2H6/c1-10-9-21(18)15(11(2)20-10)5-6-19-8-12-7-13(16)3-4-14(12)17;1-2/h3-5,7-9H,6,16-18H2,1-2H3;1-2H3/b15-5-,19-8?;. The summed E-state index contributed by atoms with van der Waals surface area (Å²) in [7, 11) is 0. The van der Waals surface area contributed by atoms with E-state index >= 15 is 0 Å². The van der Waals surface area contributed by atoms with Gasteiger partial charge in [0.1, 0.15) is 0 Å². The van der Waals surface area contributed by atoms with Crippen molar-refractivity contribution in [1.29, 1.82) is 0 Å². The van der Waals surface area contributed by atoms with Crippen LogP contribution in [0.4, 0.5) is 11.4 Å². The molecule has 0 saturated carbocycles. The topological polar surface area (TPSA) is 106 Å². The van der Waals surface area contributed by atoms with Gasteiger partial charge in [-0.05, 0) is 38.1 Å². The Morgan fingerprint density at radius 1 is 1.22 bits per heavy atom. The Labute approximate surface area is 138 Å². The molecule has 1 heterocycles. The summed E-state index contributed by atoms with van der Waals surface area (Å²) in [4.78, 5) is 8.71. The first-order valence-electron chi connectivity index (χ1n) is 7.60. The average Bonchev–Trinajstić information content (AvgIpc) is 2.51. The number of anilines is 2. The SMILES string of the molecule is CC.CC1=CN(N)/C(=C\CN=Cc2cc(N)ccc2N)C(C)=N1. The van der Waals surface area contributed by atoms with Crippen molar-refractivity contribution in [3.63, 3.8) is 0 Å². The summed E-state index contributed by atoms with van der Waals surface area (Å²) in [6.07, 6.45) is 5.40. The van der Waals surface area contributed by atoms with Crippen LogP contribution in [0.25, 0.3) is 0 Å². The summed E-state index contributed by atoms with van der Waals surface area (Å²) >= 11 is 0. The molecule has 6 heteroatoms. The number of benzene rings is 1. The van der Waals surface area contributed by atoms with Gasteiger partial charge < -0.3 is 11.5 Å². The van der Waals surface area contributed by atoms with Crippen molar-refractivity contribution >= 4 is 23.3 Å². The van der Waals surface area contributed by atoms with Gasteiger partial charge in [0.05, 0.1) is 23.7 Å².